The van der Waals surface area contributed by atoms with Gasteiger partial charge in [0.25, 0.3) is 5.69 Å². The molecule has 0 bridgehead atoms. The topological polar surface area (TPSA) is 81.9 Å². The molecule has 1 heterocycles. The monoisotopic (exact) mass is 340 g/mol. The highest BCUT2D eigenvalue weighted by Crippen LogP contribution is 2.25. The quantitative estimate of drug-likeness (QED) is 0.621. The molecule has 1 aliphatic rings. The third kappa shape index (κ3) is 5.07. The van der Waals surface area contributed by atoms with E-state index in [2.05, 4.69) is 0 Å². The lowest BCUT2D eigenvalue weighted by Crippen LogP contribution is -2.46. The second-order valence-corrected chi connectivity index (χ2v) is 6.71. The number of hydrogen-bond donors (Lipinski definition) is 0. The van der Waals surface area contributed by atoms with Gasteiger partial charge in [-0.3, -0.25) is 10.1 Å². The number of hydrogen-bond acceptors (Lipinski definition) is 5. The van der Waals surface area contributed by atoms with Crippen LogP contribution in [0.1, 0.15) is 33.6 Å². The van der Waals surface area contributed by atoms with Crippen LogP contribution in [0.5, 0.6) is 5.75 Å². The minimum Gasteiger partial charge on any atom is -0.488 e. The van der Waals surface area contributed by atoms with Crippen LogP contribution in [0.15, 0.2) is 18.2 Å². The van der Waals surface area contributed by atoms with Crippen LogP contribution in [0.4, 0.5) is 14.9 Å². The Balaban J connectivity index is 2.03. The summed E-state index contributed by atoms with van der Waals surface area (Å²) in [7, 11) is 0. The Bertz CT molecular complexity index is 629. The molecule has 0 spiro atoms. The molecule has 0 saturated carbocycles. The Hall–Kier alpha value is -2.38. The summed E-state index contributed by atoms with van der Waals surface area (Å²) in [5, 5.41) is 10.8. The lowest BCUT2D eigenvalue weighted by atomic mass is 10.1. The first-order chi connectivity index (χ1) is 11.1. The van der Waals surface area contributed by atoms with Crippen LogP contribution >= 0.6 is 0 Å². The lowest BCUT2D eigenvalue weighted by molar-refractivity contribution is -0.385. The number of nitro groups is 1. The van der Waals surface area contributed by atoms with Crippen molar-refractivity contribution in [3.05, 3.63) is 34.1 Å². The molecule has 1 fully saturated rings. The lowest BCUT2D eigenvalue weighted by Gasteiger charge is -2.34. The highest BCUT2D eigenvalue weighted by molar-refractivity contribution is 5.68. The molecule has 132 valence electrons. The summed E-state index contributed by atoms with van der Waals surface area (Å²) in [5.74, 6) is -0.656. The van der Waals surface area contributed by atoms with Gasteiger partial charge in [-0.25, -0.2) is 9.18 Å². The first-order valence-electron chi connectivity index (χ1n) is 7.73. The molecular weight excluding hydrogens is 319 g/mol. The molecule has 0 N–H and O–H groups in total. The summed E-state index contributed by atoms with van der Waals surface area (Å²) in [6, 6.07) is 3.11. The van der Waals surface area contributed by atoms with Crippen molar-refractivity contribution in [2.24, 2.45) is 0 Å². The van der Waals surface area contributed by atoms with Crippen molar-refractivity contribution in [2.45, 2.75) is 45.3 Å². The van der Waals surface area contributed by atoms with E-state index in [0.29, 0.717) is 25.9 Å². The fraction of sp³-hybridized carbons (Fsp3) is 0.562. The molecule has 1 aromatic rings. The minimum absolute atomic E-state index is 0.0812. The van der Waals surface area contributed by atoms with Crippen LogP contribution in [0.2, 0.25) is 0 Å². The Morgan fingerprint density at radius 3 is 2.71 bits per heavy atom. The molecule has 0 unspecified atom stereocenters. The van der Waals surface area contributed by atoms with Crippen molar-refractivity contribution < 1.29 is 23.6 Å². The van der Waals surface area contributed by atoms with Gasteiger partial charge in [-0.15, -0.1) is 0 Å². The average molecular weight is 340 g/mol. The summed E-state index contributed by atoms with van der Waals surface area (Å²) in [6.07, 6.45) is 0.582. The van der Waals surface area contributed by atoms with Gasteiger partial charge >= 0.3 is 6.09 Å². The smallest absolute Gasteiger partial charge is 0.410 e. The van der Waals surface area contributed by atoms with Gasteiger partial charge < -0.3 is 14.4 Å². The number of non-ortho nitro benzene ring substituents is 1. The number of halogens is 1. The molecule has 1 saturated heterocycles. The second-order valence-electron chi connectivity index (χ2n) is 6.71. The number of ether oxygens (including phenoxy) is 2. The number of likely N-dealkylation sites (tertiary alicyclic amines) is 1. The van der Waals surface area contributed by atoms with E-state index in [1.807, 2.05) is 0 Å². The Labute approximate surface area is 139 Å². The predicted octanol–water partition coefficient (Wildman–Crippen LogP) is 3.51. The van der Waals surface area contributed by atoms with Gasteiger partial charge in [0, 0.05) is 12.6 Å². The van der Waals surface area contributed by atoms with Crippen molar-refractivity contribution in [2.75, 3.05) is 13.1 Å². The van der Waals surface area contributed by atoms with E-state index in [0.717, 1.165) is 12.1 Å². The number of nitrogens with zero attached hydrogens (tertiary/aromatic N) is 2. The first-order valence-corrected chi connectivity index (χ1v) is 7.73. The third-order valence-electron chi connectivity index (χ3n) is 3.40. The summed E-state index contributed by atoms with van der Waals surface area (Å²) in [4.78, 5) is 23.8. The van der Waals surface area contributed by atoms with Gasteiger partial charge in [-0.05, 0) is 33.6 Å². The van der Waals surface area contributed by atoms with Gasteiger partial charge in [0.15, 0.2) is 0 Å². The maximum atomic E-state index is 13.5. The van der Waals surface area contributed by atoms with Crippen molar-refractivity contribution in [3.8, 4) is 5.75 Å². The predicted molar refractivity (Wildman–Crippen MR) is 84.5 cm³/mol. The number of nitro benzene ring substituents is 1. The Morgan fingerprint density at radius 2 is 2.08 bits per heavy atom. The van der Waals surface area contributed by atoms with E-state index in [9.17, 15) is 19.3 Å². The molecule has 0 aromatic heterocycles. The van der Waals surface area contributed by atoms with E-state index in [1.54, 1.807) is 20.8 Å². The highest BCUT2D eigenvalue weighted by Gasteiger charge is 2.28. The molecule has 0 aliphatic carbocycles. The van der Waals surface area contributed by atoms with E-state index >= 15 is 0 Å². The van der Waals surface area contributed by atoms with Crippen LogP contribution < -0.4 is 4.74 Å². The number of rotatable bonds is 3. The number of carbonyl (C=O) groups is 1. The van der Waals surface area contributed by atoms with Crippen LogP contribution in [-0.4, -0.2) is 40.7 Å². The molecule has 8 heteroatoms. The Morgan fingerprint density at radius 1 is 1.38 bits per heavy atom. The maximum Gasteiger partial charge on any atom is 0.410 e. The SMILES string of the molecule is CC(C)(C)OC(=O)N1CCC[C@H](Oc2cc(F)cc([N+](=O)[O-])c2)C1. The largest absolute Gasteiger partial charge is 0.488 e. The zero-order valence-corrected chi connectivity index (χ0v) is 14.0. The fourth-order valence-corrected chi connectivity index (χ4v) is 2.44. The van der Waals surface area contributed by atoms with Crippen molar-refractivity contribution in [1.29, 1.82) is 0 Å². The molecule has 7 nitrogen and oxygen atoms in total. The summed E-state index contributed by atoms with van der Waals surface area (Å²) in [6.45, 7) is 6.20. The summed E-state index contributed by atoms with van der Waals surface area (Å²) in [5.41, 5.74) is -0.960. The zero-order valence-electron chi connectivity index (χ0n) is 14.0. The van der Waals surface area contributed by atoms with Crippen molar-refractivity contribution >= 4 is 11.8 Å². The summed E-state index contributed by atoms with van der Waals surface area (Å²) < 4.78 is 24.4. The molecule has 2 rings (SSSR count). The number of amides is 1. The van der Waals surface area contributed by atoms with Crippen molar-refractivity contribution in [3.63, 3.8) is 0 Å². The molecule has 1 amide bonds. The molecule has 1 aliphatic heterocycles. The second kappa shape index (κ2) is 7.02. The highest BCUT2D eigenvalue weighted by atomic mass is 19.1. The van der Waals surface area contributed by atoms with Crippen LogP contribution in [0.3, 0.4) is 0 Å². The van der Waals surface area contributed by atoms with E-state index in [1.165, 1.54) is 11.0 Å². The Kier molecular flexibility index (Phi) is 5.26. The fourth-order valence-electron chi connectivity index (χ4n) is 2.44. The van der Waals surface area contributed by atoms with E-state index < -0.39 is 22.4 Å². The third-order valence-corrected chi connectivity index (χ3v) is 3.40. The standard InChI is InChI=1S/C16H21FN2O5/c1-16(2,3)24-15(20)18-6-4-5-13(10-18)23-14-8-11(17)7-12(9-14)19(21)22/h7-9,13H,4-6,10H2,1-3H3/t13-/m0/s1. The van der Waals surface area contributed by atoms with E-state index in [-0.39, 0.29) is 17.5 Å². The van der Waals surface area contributed by atoms with Gasteiger partial charge in [-0.2, -0.15) is 0 Å². The molecule has 24 heavy (non-hydrogen) atoms. The van der Waals surface area contributed by atoms with Gasteiger partial charge in [0.1, 0.15) is 23.3 Å². The van der Waals surface area contributed by atoms with Gasteiger partial charge in [0.05, 0.1) is 23.6 Å². The average Bonchev–Trinajstić information content (AvgIpc) is 2.45. The van der Waals surface area contributed by atoms with Crippen LogP contribution in [0.25, 0.3) is 0 Å². The van der Waals surface area contributed by atoms with Gasteiger partial charge in [-0.1, -0.05) is 0 Å². The summed E-state index contributed by atoms with van der Waals surface area (Å²) >= 11 is 0. The molecular formula is C16H21FN2O5. The normalized spacial score (nSPS) is 18.2. The zero-order chi connectivity index (χ0) is 17.9. The first kappa shape index (κ1) is 18.0. The molecule has 0 radical (unpaired) electrons. The molecule has 1 atom stereocenters. The van der Waals surface area contributed by atoms with Crippen LogP contribution in [-0.2, 0) is 4.74 Å². The minimum atomic E-state index is -0.737. The van der Waals surface area contributed by atoms with Gasteiger partial charge in [0.2, 0.25) is 0 Å². The van der Waals surface area contributed by atoms with Crippen molar-refractivity contribution in [1.82, 2.24) is 4.90 Å². The van der Waals surface area contributed by atoms with E-state index in [4.69, 9.17) is 9.47 Å². The number of carbonyl (C=O) groups excluding carboxylic acids is 1. The number of piperidine rings is 1. The maximum absolute atomic E-state index is 13.5. The van der Waals surface area contributed by atoms with Crippen LogP contribution in [0, 0.1) is 15.9 Å². The number of benzene rings is 1. The molecule has 1 aromatic carbocycles.